The van der Waals surface area contributed by atoms with Gasteiger partial charge in [0.2, 0.25) is 0 Å². The molecule has 5 nitrogen and oxygen atoms in total. The second-order valence-corrected chi connectivity index (χ2v) is 5.64. The number of aliphatic hydroxyl groups excluding tert-OH is 1. The van der Waals surface area contributed by atoms with Crippen molar-refractivity contribution in [3.63, 3.8) is 0 Å². The summed E-state index contributed by atoms with van der Waals surface area (Å²) in [5.41, 5.74) is 4.50. The molecule has 2 heterocycles. The average molecular weight is 272 g/mol. The molecule has 4 aliphatic rings. The van der Waals surface area contributed by atoms with Crippen molar-refractivity contribution in [2.24, 2.45) is 0 Å². The van der Waals surface area contributed by atoms with Crippen LogP contribution in [0.25, 0.3) is 22.5 Å². The molecule has 0 aromatic rings. The van der Waals surface area contributed by atoms with Crippen LogP contribution in [0.5, 0.6) is 0 Å². The topological polar surface area (TPSA) is 74.3 Å². The molecule has 4 rings (SSSR count). The van der Waals surface area contributed by atoms with Crippen LogP contribution in [0.3, 0.4) is 0 Å². The Balaban J connectivity index is 1.59. The minimum absolute atomic E-state index is 0.0506. The maximum Gasteiger partial charge on any atom is 0.252 e. The van der Waals surface area contributed by atoms with E-state index in [1.165, 1.54) is 0 Å². The molecule has 0 unspecified atom stereocenters. The molecule has 5 heteroatoms. The number of fused-ring (bicyclic) bond motifs is 3. The van der Waals surface area contributed by atoms with Crippen molar-refractivity contribution in [3.8, 4) is 22.5 Å². The molecule has 0 spiro atoms. The first-order valence-electron chi connectivity index (χ1n) is 6.90. The van der Waals surface area contributed by atoms with Gasteiger partial charge in [-0.1, -0.05) is 6.07 Å². The number of rotatable bonds is 3. The lowest BCUT2D eigenvalue weighted by Crippen LogP contribution is -2.54. The summed E-state index contributed by atoms with van der Waals surface area (Å²) in [5.74, 6) is -0.110. The number of hydrogen-bond donors (Lipinski definition) is 3. The molecule has 0 radical (unpaired) electrons. The minimum Gasteiger partial charge on any atom is -0.394 e. The van der Waals surface area contributed by atoms with E-state index in [2.05, 4.69) is 10.3 Å². The quantitative estimate of drug-likeness (QED) is 0.674. The summed E-state index contributed by atoms with van der Waals surface area (Å²) in [7, 11) is 0. The van der Waals surface area contributed by atoms with Crippen LogP contribution in [-0.4, -0.2) is 41.4 Å². The summed E-state index contributed by atoms with van der Waals surface area (Å²) in [6, 6.07) is 5.83. The van der Waals surface area contributed by atoms with Gasteiger partial charge in [0.25, 0.3) is 5.91 Å². The number of pyridine rings is 1. The van der Waals surface area contributed by atoms with E-state index in [-0.39, 0.29) is 12.5 Å². The molecule has 1 saturated heterocycles. The molecular weight excluding hydrogens is 256 g/mol. The zero-order valence-corrected chi connectivity index (χ0v) is 11.0. The summed E-state index contributed by atoms with van der Waals surface area (Å²) in [6.07, 6.45) is 1.30. The Hall–Kier alpha value is -1.85. The van der Waals surface area contributed by atoms with Crippen molar-refractivity contribution in [2.45, 2.75) is 18.4 Å². The molecule has 20 heavy (non-hydrogen) atoms. The van der Waals surface area contributed by atoms with Gasteiger partial charge in [0.1, 0.15) is 0 Å². The Bertz CT molecular complexity index is 655. The van der Waals surface area contributed by atoms with Gasteiger partial charge >= 0.3 is 0 Å². The van der Waals surface area contributed by atoms with Gasteiger partial charge in [0.15, 0.2) is 0 Å². The first-order valence-corrected chi connectivity index (χ1v) is 6.90. The van der Waals surface area contributed by atoms with Crippen LogP contribution in [-0.2, 0) is 4.74 Å². The first kappa shape index (κ1) is 11.9. The lowest BCUT2D eigenvalue weighted by atomic mass is 9.90. The monoisotopic (exact) mass is 272 g/mol. The lowest BCUT2D eigenvalue weighted by molar-refractivity contribution is 0.0125. The molecule has 0 aromatic carbocycles. The summed E-state index contributed by atoms with van der Waals surface area (Å²) >= 11 is 0. The molecule has 1 fully saturated rings. The van der Waals surface area contributed by atoms with Gasteiger partial charge in [-0.05, 0) is 30.5 Å². The van der Waals surface area contributed by atoms with Crippen LogP contribution >= 0.6 is 0 Å². The van der Waals surface area contributed by atoms with Crippen molar-refractivity contribution >= 4 is 5.91 Å². The van der Waals surface area contributed by atoms with Crippen LogP contribution in [0.2, 0.25) is 0 Å². The second-order valence-electron chi connectivity index (χ2n) is 5.64. The number of carbonyl (C=O) groups excluding carboxylic acids is 1. The summed E-state index contributed by atoms with van der Waals surface area (Å²) < 4.78 is 5.31. The van der Waals surface area contributed by atoms with Crippen LogP contribution in [0, 0.1) is 0 Å². The molecule has 1 amide bonds. The van der Waals surface area contributed by atoms with E-state index in [1.807, 2.05) is 18.2 Å². The summed E-state index contributed by atoms with van der Waals surface area (Å²) in [4.78, 5) is 15.7. The average Bonchev–Trinajstić information content (AvgIpc) is 2.95. The van der Waals surface area contributed by atoms with Crippen LogP contribution in [0.15, 0.2) is 18.2 Å². The highest BCUT2D eigenvalue weighted by Gasteiger charge is 2.35. The van der Waals surface area contributed by atoms with E-state index >= 15 is 0 Å². The molecule has 3 N–H and O–H groups in total. The maximum absolute atomic E-state index is 12.5. The van der Waals surface area contributed by atoms with E-state index < -0.39 is 5.54 Å². The fourth-order valence-corrected chi connectivity index (χ4v) is 3.02. The highest BCUT2D eigenvalue weighted by atomic mass is 16.5. The van der Waals surface area contributed by atoms with Gasteiger partial charge in [-0.3, -0.25) is 4.79 Å². The highest BCUT2D eigenvalue weighted by molar-refractivity contribution is 6.07. The number of aliphatic hydroxyl groups is 1. The number of ether oxygens (including phenoxy) is 1. The molecule has 0 aromatic heterocycles. The van der Waals surface area contributed by atoms with Crippen molar-refractivity contribution in [3.05, 3.63) is 23.8 Å². The lowest BCUT2D eigenvalue weighted by Gasteiger charge is -2.36. The van der Waals surface area contributed by atoms with E-state index in [1.54, 1.807) is 0 Å². The Morgan fingerprint density at radius 3 is 2.90 bits per heavy atom. The van der Waals surface area contributed by atoms with E-state index in [9.17, 15) is 9.90 Å². The van der Waals surface area contributed by atoms with Crippen LogP contribution < -0.4 is 5.32 Å². The molecule has 0 atom stereocenters. The minimum atomic E-state index is -0.542. The SMILES string of the molecule is O=C(NC1(CO)CCOCC1)c1ccc2c3[nH]c-3cc1-2. The van der Waals surface area contributed by atoms with Gasteiger partial charge < -0.3 is 20.1 Å². The Kier molecular flexibility index (Phi) is 2.43. The molecule has 2 aliphatic heterocycles. The molecule has 104 valence electrons. The zero-order chi connectivity index (χ0) is 13.7. The van der Waals surface area contributed by atoms with Gasteiger partial charge in [-0.2, -0.15) is 0 Å². The summed E-state index contributed by atoms with van der Waals surface area (Å²) in [6.45, 7) is 1.10. The van der Waals surface area contributed by atoms with Gasteiger partial charge in [0.05, 0.1) is 23.5 Å². The Morgan fingerprint density at radius 1 is 1.35 bits per heavy atom. The van der Waals surface area contributed by atoms with Crippen molar-refractivity contribution in [1.29, 1.82) is 0 Å². The van der Waals surface area contributed by atoms with Gasteiger partial charge in [-0.25, -0.2) is 0 Å². The van der Waals surface area contributed by atoms with Crippen LogP contribution in [0.4, 0.5) is 0 Å². The van der Waals surface area contributed by atoms with Crippen molar-refractivity contribution in [1.82, 2.24) is 10.3 Å². The zero-order valence-electron chi connectivity index (χ0n) is 11.0. The number of nitrogens with one attached hydrogen (secondary N) is 2. The predicted octanol–water partition coefficient (Wildman–Crippen LogP) is 1.37. The standard InChI is InChI=1S/C15H16N2O3/c18-8-15(3-5-20-6-4-15)17-14(19)10-2-1-9-11(10)7-12-13(9)16-12/h1-2,7,16,18H,3-6,8H2,(H,17,19). The number of amides is 1. The predicted molar refractivity (Wildman–Crippen MR) is 73.7 cm³/mol. The maximum atomic E-state index is 12.5. The van der Waals surface area contributed by atoms with Gasteiger partial charge in [0, 0.05) is 24.3 Å². The number of hydrogen-bond acceptors (Lipinski definition) is 3. The largest absolute Gasteiger partial charge is 0.394 e. The molecule has 0 saturated carbocycles. The van der Waals surface area contributed by atoms with E-state index in [0.717, 1.165) is 22.5 Å². The fourth-order valence-electron chi connectivity index (χ4n) is 3.02. The first-order chi connectivity index (χ1) is 9.72. The second kappa shape index (κ2) is 4.07. The smallest absolute Gasteiger partial charge is 0.252 e. The molecular formula is C15H16N2O3. The molecule has 0 bridgehead atoms. The Labute approximate surface area is 116 Å². The van der Waals surface area contributed by atoms with Crippen molar-refractivity contribution in [2.75, 3.05) is 19.8 Å². The normalized spacial score (nSPS) is 19.1. The van der Waals surface area contributed by atoms with Gasteiger partial charge in [-0.15, -0.1) is 0 Å². The Morgan fingerprint density at radius 2 is 2.15 bits per heavy atom. The summed E-state index contributed by atoms with van der Waals surface area (Å²) in [5, 5.41) is 12.7. The third-order valence-electron chi connectivity index (χ3n) is 4.40. The number of H-pyrrole nitrogens is 1. The fraction of sp³-hybridized carbons (Fsp3) is 0.400. The van der Waals surface area contributed by atoms with E-state index in [0.29, 0.717) is 31.6 Å². The number of aromatic nitrogens is 1. The van der Waals surface area contributed by atoms with E-state index in [4.69, 9.17) is 4.74 Å². The number of aromatic amines is 1. The third-order valence-corrected chi connectivity index (χ3v) is 4.40. The van der Waals surface area contributed by atoms with Crippen molar-refractivity contribution < 1.29 is 14.6 Å². The highest BCUT2D eigenvalue weighted by Crippen LogP contribution is 2.45. The molecule has 2 aliphatic carbocycles. The third kappa shape index (κ3) is 1.67. The van der Waals surface area contributed by atoms with Crippen LogP contribution in [0.1, 0.15) is 23.2 Å². The number of carbonyl (C=O) groups is 1.